The Morgan fingerprint density at radius 2 is 1.57 bits per heavy atom. The zero-order valence-electron chi connectivity index (χ0n) is 7.29. The molecule has 1 aromatic carbocycles. The SMILES string of the molecule is Fc1cc2c(cc1C(F)(F)F)CCC2. The topological polar surface area (TPSA) is 0 Å². The van der Waals surface area contributed by atoms with Crippen molar-refractivity contribution in [1.82, 2.24) is 0 Å². The minimum atomic E-state index is -4.58. The number of hydrogen-bond donors (Lipinski definition) is 0. The van der Waals surface area contributed by atoms with Crippen molar-refractivity contribution in [1.29, 1.82) is 0 Å². The average Bonchev–Trinajstić information content (AvgIpc) is 2.47. The first-order valence-corrected chi connectivity index (χ1v) is 4.37. The molecule has 0 saturated heterocycles. The number of hydrogen-bond acceptors (Lipinski definition) is 0. The molecule has 0 aliphatic heterocycles. The van der Waals surface area contributed by atoms with E-state index in [9.17, 15) is 17.6 Å². The average molecular weight is 204 g/mol. The van der Waals surface area contributed by atoms with E-state index in [-0.39, 0.29) is 0 Å². The molecule has 14 heavy (non-hydrogen) atoms. The molecule has 0 fully saturated rings. The van der Waals surface area contributed by atoms with Crippen LogP contribution in [-0.4, -0.2) is 0 Å². The Morgan fingerprint density at radius 3 is 2.14 bits per heavy atom. The smallest absolute Gasteiger partial charge is 0.206 e. The Morgan fingerprint density at radius 1 is 1.00 bits per heavy atom. The molecule has 1 aliphatic rings. The van der Waals surface area contributed by atoms with Crippen LogP contribution in [0.2, 0.25) is 0 Å². The van der Waals surface area contributed by atoms with E-state index in [1.807, 2.05) is 0 Å². The second-order valence-corrected chi connectivity index (χ2v) is 3.45. The summed E-state index contributed by atoms with van der Waals surface area (Å²) in [6, 6.07) is 1.96. The predicted octanol–water partition coefficient (Wildman–Crippen LogP) is 3.33. The van der Waals surface area contributed by atoms with Gasteiger partial charge in [0, 0.05) is 0 Å². The summed E-state index contributed by atoms with van der Waals surface area (Å²) in [5.41, 5.74) is 0.215. The van der Waals surface area contributed by atoms with Gasteiger partial charge in [-0.05, 0) is 42.5 Å². The highest BCUT2D eigenvalue weighted by molar-refractivity contribution is 5.37. The van der Waals surface area contributed by atoms with Crippen LogP contribution in [-0.2, 0) is 19.0 Å². The van der Waals surface area contributed by atoms with Gasteiger partial charge in [0.05, 0.1) is 5.56 Å². The highest BCUT2D eigenvalue weighted by atomic mass is 19.4. The lowest BCUT2D eigenvalue weighted by atomic mass is 10.1. The van der Waals surface area contributed by atoms with Crippen LogP contribution < -0.4 is 0 Å². The lowest BCUT2D eigenvalue weighted by Crippen LogP contribution is -2.09. The van der Waals surface area contributed by atoms with Crippen LogP contribution in [0.1, 0.15) is 23.1 Å². The normalized spacial score (nSPS) is 15.7. The standard InChI is InChI=1S/C10H8F4/c11-9-5-7-3-1-2-6(7)4-8(9)10(12,13)14/h4-5H,1-3H2. The van der Waals surface area contributed by atoms with E-state index in [1.54, 1.807) is 0 Å². The Hall–Kier alpha value is -1.06. The van der Waals surface area contributed by atoms with Crippen LogP contribution in [0.15, 0.2) is 12.1 Å². The molecular weight excluding hydrogens is 196 g/mol. The summed E-state index contributed by atoms with van der Waals surface area (Å²) in [4.78, 5) is 0. The maximum absolute atomic E-state index is 13.0. The second kappa shape index (κ2) is 2.97. The molecule has 0 amide bonds. The van der Waals surface area contributed by atoms with Gasteiger partial charge in [0.2, 0.25) is 0 Å². The third-order valence-corrected chi connectivity index (χ3v) is 2.49. The van der Waals surface area contributed by atoms with Crippen molar-refractivity contribution in [2.45, 2.75) is 25.4 Å². The van der Waals surface area contributed by atoms with Gasteiger partial charge in [-0.2, -0.15) is 13.2 Å². The highest BCUT2D eigenvalue weighted by Gasteiger charge is 2.35. The lowest BCUT2D eigenvalue weighted by molar-refractivity contribution is -0.140. The number of alkyl halides is 3. The van der Waals surface area contributed by atoms with Gasteiger partial charge >= 0.3 is 6.18 Å². The first-order chi connectivity index (χ1) is 6.48. The fraction of sp³-hybridized carbons (Fsp3) is 0.400. The quantitative estimate of drug-likeness (QED) is 0.568. The molecule has 0 saturated carbocycles. The molecule has 4 heteroatoms. The van der Waals surface area contributed by atoms with Gasteiger partial charge in [0.25, 0.3) is 0 Å². The fourth-order valence-corrected chi connectivity index (χ4v) is 1.81. The molecule has 1 aliphatic carbocycles. The molecule has 0 nitrogen and oxygen atoms in total. The van der Waals surface area contributed by atoms with Gasteiger partial charge in [-0.3, -0.25) is 0 Å². The maximum Gasteiger partial charge on any atom is 0.419 e. The van der Waals surface area contributed by atoms with Crippen LogP contribution >= 0.6 is 0 Å². The molecular formula is C10H8F4. The largest absolute Gasteiger partial charge is 0.419 e. The van der Waals surface area contributed by atoms with Crippen molar-refractivity contribution in [2.24, 2.45) is 0 Å². The molecule has 2 rings (SSSR count). The summed E-state index contributed by atoms with van der Waals surface area (Å²) in [7, 11) is 0. The molecule has 0 atom stereocenters. The van der Waals surface area contributed by atoms with Gasteiger partial charge in [-0.25, -0.2) is 4.39 Å². The van der Waals surface area contributed by atoms with Gasteiger partial charge < -0.3 is 0 Å². The summed E-state index contributed by atoms with van der Waals surface area (Å²) in [5.74, 6) is -1.15. The second-order valence-electron chi connectivity index (χ2n) is 3.45. The number of benzene rings is 1. The molecule has 0 bridgehead atoms. The van der Waals surface area contributed by atoms with Crippen LogP contribution in [0.3, 0.4) is 0 Å². The monoisotopic (exact) mass is 204 g/mol. The minimum absolute atomic E-state index is 0.624. The summed E-state index contributed by atoms with van der Waals surface area (Å²) in [5, 5.41) is 0. The number of halogens is 4. The van der Waals surface area contributed by atoms with Crippen molar-refractivity contribution in [3.05, 3.63) is 34.6 Å². The molecule has 1 aromatic rings. The summed E-state index contributed by atoms with van der Waals surface area (Å²) >= 11 is 0. The van der Waals surface area contributed by atoms with Crippen molar-refractivity contribution in [2.75, 3.05) is 0 Å². The third kappa shape index (κ3) is 1.49. The van der Waals surface area contributed by atoms with E-state index in [2.05, 4.69) is 0 Å². The van der Waals surface area contributed by atoms with Crippen molar-refractivity contribution in [3.8, 4) is 0 Å². The molecule has 0 heterocycles. The lowest BCUT2D eigenvalue weighted by Gasteiger charge is -2.09. The van der Waals surface area contributed by atoms with Gasteiger partial charge in [-0.1, -0.05) is 0 Å². The van der Waals surface area contributed by atoms with Crippen LogP contribution in [0.4, 0.5) is 17.6 Å². The van der Waals surface area contributed by atoms with E-state index in [0.29, 0.717) is 18.4 Å². The fourth-order valence-electron chi connectivity index (χ4n) is 1.81. The summed E-state index contributed by atoms with van der Waals surface area (Å²) in [6.45, 7) is 0. The van der Waals surface area contributed by atoms with Crippen LogP contribution in [0.25, 0.3) is 0 Å². The van der Waals surface area contributed by atoms with Crippen molar-refractivity contribution < 1.29 is 17.6 Å². The van der Waals surface area contributed by atoms with Crippen LogP contribution in [0.5, 0.6) is 0 Å². The van der Waals surface area contributed by atoms with E-state index in [0.717, 1.165) is 24.1 Å². The zero-order valence-corrected chi connectivity index (χ0v) is 7.29. The van der Waals surface area contributed by atoms with E-state index < -0.39 is 17.6 Å². The first kappa shape index (κ1) is 9.49. The third-order valence-electron chi connectivity index (χ3n) is 2.49. The Balaban J connectivity index is 2.53. The number of fused-ring (bicyclic) bond motifs is 1. The first-order valence-electron chi connectivity index (χ1n) is 4.37. The van der Waals surface area contributed by atoms with Gasteiger partial charge in [0.1, 0.15) is 5.82 Å². The molecule has 0 N–H and O–H groups in total. The number of rotatable bonds is 0. The van der Waals surface area contributed by atoms with E-state index in [4.69, 9.17) is 0 Å². The summed E-state index contributed by atoms with van der Waals surface area (Å²) in [6.07, 6.45) is -2.46. The Bertz CT molecular complexity index is 365. The minimum Gasteiger partial charge on any atom is -0.206 e. The van der Waals surface area contributed by atoms with Gasteiger partial charge in [0.15, 0.2) is 0 Å². The highest BCUT2D eigenvalue weighted by Crippen LogP contribution is 2.35. The Kier molecular flexibility index (Phi) is 2.01. The van der Waals surface area contributed by atoms with Crippen molar-refractivity contribution in [3.63, 3.8) is 0 Å². The summed E-state index contributed by atoms with van der Waals surface area (Å²) < 4.78 is 49.9. The van der Waals surface area contributed by atoms with Gasteiger partial charge in [-0.15, -0.1) is 0 Å². The predicted molar refractivity (Wildman–Crippen MR) is 43.4 cm³/mol. The molecule has 0 spiro atoms. The van der Waals surface area contributed by atoms with Crippen LogP contribution in [0, 0.1) is 5.82 Å². The molecule has 0 unspecified atom stereocenters. The number of aryl methyl sites for hydroxylation is 2. The van der Waals surface area contributed by atoms with E-state index in [1.165, 1.54) is 0 Å². The molecule has 76 valence electrons. The molecule has 0 radical (unpaired) electrons. The molecule has 0 aromatic heterocycles. The van der Waals surface area contributed by atoms with E-state index >= 15 is 0 Å². The Labute approximate surface area is 78.5 Å². The zero-order chi connectivity index (χ0) is 10.3. The van der Waals surface area contributed by atoms with Crippen molar-refractivity contribution >= 4 is 0 Å². The maximum atomic E-state index is 13.0.